The van der Waals surface area contributed by atoms with Gasteiger partial charge in [-0.15, -0.1) is 11.3 Å². The maximum Gasteiger partial charge on any atom is 0.174 e. The van der Waals surface area contributed by atoms with E-state index in [9.17, 15) is 4.79 Å². The van der Waals surface area contributed by atoms with Gasteiger partial charge in [-0.25, -0.2) is 4.98 Å². The maximum atomic E-state index is 11.6. The molecule has 0 N–H and O–H groups in total. The second kappa shape index (κ2) is 3.58. The van der Waals surface area contributed by atoms with E-state index in [-0.39, 0.29) is 5.78 Å². The van der Waals surface area contributed by atoms with Crippen LogP contribution in [0.15, 0.2) is 6.20 Å². The Balaban J connectivity index is 1.88. The number of aromatic nitrogens is 1. The largest absolute Gasteiger partial charge is 0.293 e. The van der Waals surface area contributed by atoms with Crippen molar-refractivity contribution in [1.82, 2.24) is 4.98 Å². The van der Waals surface area contributed by atoms with Crippen LogP contribution in [0.3, 0.4) is 0 Å². The minimum Gasteiger partial charge on any atom is -0.293 e. The summed E-state index contributed by atoms with van der Waals surface area (Å²) in [5.74, 6) is 1.12. The molecule has 0 unspecified atom stereocenters. The number of rotatable bonds is 4. The fraction of sp³-hybridized carbons (Fsp3) is 0.600. The monoisotopic (exact) mass is 195 g/mol. The van der Waals surface area contributed by atoms with Gasteiger partial charge in [-0.3, -0.25) is 4.79 Å². The highest BCUT2D eigenvalue weighted by molar-refractivity contribution is 7.13. The Hall–Kier alpha value is -0.700. The summed E-state index contributed by atoms with van der Waals surface area (Å²) in [6.45, 7) is 1.93. The molecule has 1 aliphatic carbocycles. The molecule has 0 atom stereocenters. The summed E-state index contributed by atoms with van der Waals surface area (Å²) >= 11 is 1.51. The molecule has 1 aromatic heterocycles. The average Bonchev–Trinajstić information content (AvgIpc) is 2.84. The second-order valence-electron chi connectivity index (χ2n) is 3.65. The summed E-state index contributed by atoms with van der Waals surface area (Å²) in [5, 5.41) is 0.981. The van der Waals surface area contributed by atoms with Crippen molar-refractivity contribution in [3.8, 4) is 0 Å². The number of hydrogen-bond acceptors (Lipinski definition) is 3. The van der Waals surface area contributed by atoms with Crippen LogP contribution in [0.1, 0.15) is 40.4 Å². The van der Waals surface area contributed by atoms with E-state index in [2.05, 4.69) is 4.98 Å². The standard InChI is InChI=1S/C10H13NOS/c1-7-11-6-10(13-7)9(12)5-4-8-2-3-8/h6,8H,2-5H2,1H3. The van der Waals surface area contributed by atoms with Gasteiger partial charge < -0.3 is 0 Å². The van der Waals surface area contributed by atoms with Crippen LogP contribution in [0, 0.1) is 12.8 Å². The maximum absolute atomic E-state index is 11.6. The molecule has 0 bridgehead atoms. The van der Waals surface area contributed by atoms with E-state index in [1.54, 1.807) is 6.20 Å². The van der Waals surface area contributed by atoms with E-state index in [1.807, 2.05) is 6.92 Å². The first-order valence-corrected chi connectivity index (χ1v) is 5.53. The molecule has 3 heteroatoms. The van der Waals surface area contributed by atoms with Crippen molar-refractivity contribution >= 4 is 17.1 Å². The van der Waals surface area contributed by atoms with Gasteiger partial charge >= 0.3 is 0 Å². The lowest BCUT2D eigenvalue weighted by atomic mass is 10.1. The summed E-state index contributed by atoms with van der Waals surface area (Å²) in [6, 6.07) is 0. The fourth-order valence-electron chi connectivity index (χ4n) is 1.36. The lowest BCUT2D eigenvalue weighted by molar-refractivity contribution is 0.0982. The minimum absolute atomic E-state index is 0.275. The van der Waals surface area contributed by atoms with Crippen LogP contribution in [-0.4, -0.2) is 10.8 Å². The quantitative estimate of drug-likeness (QED) is 0.691. The smallest absolute Gasteiger partial charge is 0.174 e. The number of carbonyl (C=O) groups is 1. The molecule has 0 saturated heterocycles. The van der Waals surface area contributed by atoms with Crippen LogP contribution in [0.2, 0.25) is 0 Å². The van der Waals surface area contributed by atoms with Crippen molar-refractivity contribution in [1.29, 1.82) is 0 Å². The van der Waals surface area contributed by atoms with Gasteiger partial charge in [0.2, 0.25) is 0 Å². The van der Waals surface area contributed by atoms with Crippen LogP contribution in [0.4, 0.5) is 0 Å². The second-order valence-corrected chi connectivity index (χ2v) is 4.88. The number of aryl methyl sites for hydroxylation is 1. The van der Waals surface area contributed by atoms with E-state index in [0.717, 1.165) is 22.2 Å². The highest BCUT2D eigenvalue weighted by Crippen LogP contribution is 2.34. The Morgan fingerprint density at radius 3 is 3.00 bits per heavy atom. The van der Waals surface area contributed by atoms with Gasteiger partial charge in [0, 0.05) is 12.6 Å². The number of carbonyl (C=O) groups excluding carboxylic acids is 1. The van der Waals surface area contributed by atoms with Crippen molar-refractivity contribution in [2.75, 3.05) is 0 Å². The molecule has 0 radical (unpaired) electrons. The van der Waals surface area contributed by atoms with Gasteiger partial charge in [-0.1, -0.05) is 12.8 Å². The van der Waals surface area contributed by atoms with Gasteiger partial charge in [0.05, 0.1) is 9.88 Å². The third-order valence-electron chi connectivity index (χ3n) is 2.37. The Labute approximate surface area is 82.0 Å². The summed E-state index contributed by atoms with van der Waals surface area (Å²) < 4.78 is 0. The zero-order valence-corrected chi connectivity index (χ0v) is 8.56. The van der Waals surface area contributed by atoms with E-state index in [0.29, 0.717) is 6.42 Å². The van der Waals surface area contributed by atoms with Crippen LogP contribution < -0.4 is 0 Å². The molecule has 0 aliphatic heterocycles. The van der Waals surface area contributed by atoms with E-state index >= 15 is 0 Å². The Morgan fingerprint density at radius 1 is 1.69 bits per heavy atom. The first kappa shape index (κ1) is 8.88. The lowest BCUT2D eigenvalue weighted by Gasteiger charge is -1.94. The normalized spacial score (nSPS) is 16.1. The van der Waals surface area contributed by atoms with Crippen molar-refractivity contribution in [2.24, 2.45) is 5.92 Å². The first-order chi connectivity index (χ1) is 6.25. The molecule has 1 aliphatic rings. The number of ketones is 1. The van der Waals surface area contributed by atoms with Gasteiger partial charge in [0.25, 0.3) is 0 Å². The van der Waals surface area contributed by atoms with Crippen molar-refractivity contribution in [3.05, 3.63) is 16.1 Å². The summed E-state index contributed by atoms with van der Waals surface area (Å²) in [7, 11) is 0. The van der Waals surface area contributed by atoms with E-state index < -0.39 is 0 Å². The zero-order valence-electron chi connectivity index (χ0n) is 7.75. The molecule has 2 rings (SSSR count). The van der Waals surface area contributed by atoms with Crippen LogP contribution in [0.5, 0.6) is 0 Å². The molecular weight excluding hydrogens is 182 g/mol. The summed E-state index contributed by atoms with van der Waals surface area (Å²) in [4.78, 5) is 16.5. The highest BCUT2D eigenvalue weighted by Gasteiger charge is 2.22. The number of thiazole rings is 1. The minimum atomic E-state index is 0.275. The zero-order chi connectivity index (χ0) is 9.26. The Bertz CT molecular complexity index is 314. The van der Waals surface area contributed by atoms with Crippen LogP contribution in [0.25, 0.3) is 0 Å². The molecule has 13 heavy (non-hydrogen) atoms. The Morgan fingerprint density at radius 2 is 2.46 bits per heavy atom. The molecule has 1 heterocycles. The molecule has 1 saturated carbocycles. The number of Topliss-reactive ketones (excluding diaryl/α,β-unsaturated/α-hetero) is 1. The van der Waals surface area contributed by atoms with Gasteiger partial charge in [0.1, 0.15) is 0 Å². The number of nitrogens with zero attached hydrogens (tertiary/aromatic N) is 1. The summed E-state index contributed by atoms with van der Waals surface area (Å²) in [6.07, 6.45) is 6.15. The molecular formula is C10H13NOS. The predicted molar refractivity (Wildman–Crippen MR) is 53.1 cm³/mol. The van der Waals surface area contributed by atoms with E-state index in [4.69, 9.17) is 0 Å². The van der Waals surface area contributed by atoms with Crippen LogP contribution >= 0.6 is 11.3 Å². The van der Waals surface area contributed by atoms with Crippen LogP contribution in [-0.2, 0) is 0 Å². The topological polar surface area (TPSA) is 30.0 Å². The third kappa shape index (κ3) is 2.37. The molecule has 1 fully saturated rings. The first-order valence-electron chi connectivity index (χ1n) is 4.71. The Kier molecular flexibility index (Phi) is 2.44. The van der Waals surface area contributed by atoms with Gasteiger partial charge in [-0.2, -0.15) is 0 Å². The molecule has 70 valence electrons. The van der Waals surface area contributed by atoms with Gasteiger partial charge in [0.15, 0.2) is 5.78 Å². The third-order valence-corrected chi connectivity index (χ3v) is 3.33. The highest BCUT2D eigenvalue weighted by atomic mass is 32.1. The molecule has 0 aromatic carbocycles. The van der Waals surface area contributed by atoms with Crippen molar-refractivity contribution in [2.45, 2.75) is 32.6 Å². The molecule has 1 aromatic rings. The SMILES string of the molecule is Cc1ncc(C(=O)CCC2CC2)s1. The summed E-state index contributed by atoms with van der Waals surface area (Å²) in [5.41, 5.74) is 0. The van der Waals surface area contributed by atoms with E-state index in [1.165, 1.54) is 24.2 Å². The molecule has 2 nitrogen and oxygen atoms in total. The number of hydrogen-bond donors (Lipinski definition) is 0. The van der Waals surface area contributed by atoms with Gasteiger partial charge in [-0.05, 0) is 19.3 Å². The predicted octanol–water partition coefficient (Wildman–Crippen LogP) is 2.82. The molecule has 0 amide bonds. The molecule has 0 spiro atoms. The van der Waals surface area contributed by atoms with Crippen molar-refractivity contribution < 1.29 is 4.79 Å². The van der Waals surface area contributed by atoms with Crippen molar-refractivity contribution in [3.63, 3.8) is 0 Å². The average molecular weight is 195 g/mol. The fourth-order valence-corrected chi connectivity index (χ4v) is 2.10. The lowest BCUT2D eigenvalue weighted by Crippen LogP contribution is -1.95.